The van der Waals surface area contributed by atoms with Crippen LogP contribution in [0.3, 0.4) is 0 Å². The van der Waals surface area contributed by atoms with Crippen LogP contribution < -0.4 is 19.8 Å². The predicted molar refractivity (Wildman–Crippen MR) is 103 cm³/mol. The molecule has 0 unspecified atom stereocenters. The van der Waals surface area contributed by atoms with Crippen LogP contribution in [0.4, 0.5) is 0 Å². The van der Waals surface area contributed by atoms with E-state index in [2.05, 4.69) is 25.8 Å². The molecular formula is C21H23NO5. The summed E-state index contributed by atoms with van der Waals surface area (Å²) < 4.78 is 21.5. The van der Waals surface area contributed by atoms with Gasteiger partial charge in [-0.2, -0.15) is 0 Å². The molecule has 0 saturated carbocycles. The van der Waals surface area contributed by atoms with E-state index in [1.165, 1.54) is 19.8 Å². The van der Waals surface area contributed by atoms with Gasteiger partial charge in [-0.05, 0) is 23.1 Å². The highest BCUT2D eigenvalue weighted by Crippen LogP contribution is 2.30. The van der Waals surface area contributed by atoms with Crippen molar-refractivity contribution in [1.29, 1.82) is 0 Å². The smallest absolute Gasteiger partial charge is 0.347 e. The van der Waals surface area contributed by atoms with Gasteiger partial charge in [0.2, 0.25) is 5.89 Å². The van der Waals surface area contributed by atoms with Crippen LogP contribution in [-0.4, -0.2) is 19.2 Å². The van der Waals surface area contributed by atoms with Crippen LogP contribution in [0.1, 0.15) is 32.2 Å². The first-order valence-electron chi connectivity index (χ1n) is 8.61. The Morgan fingerprint density at radius 1 is 1.00 bits per heavy atom. The first kappa shape index (κ1) is 18.8. The van der Waals surface area contributed by atoms with Crippen molar-refractivity contribution in [3.05, 3.63) is 58.3 Å². The highest BCUT2D eigenvalue weighted by molar-refractivity contribution is 5.81. The first-order valence-corrected chi connectivity index (χ1v) is 8.61. The van der Waals surface area contributed by atoms with Crippen LogP contribution in [0.15, 0.2) is 45.6 Å². The van der Waals surface area contributed by atoms with E-state index in [0.717, 1.165) is 0 Å². The molecule has 1 heterocycles. The molecule has 0 spiro atoms. The molecule has 0 aliphatic rings. The lowest BCUT2D eigenvalue weighted by atomic mass is 9.87. The third-order valence-corrected chi connectivity index (χ3v) is 4.26. The average Bonchev–Trinajstić information content (AvgIpc) is 2.65. The summed E-state index contributed by atoms with van der Waals surface area (Å²) in [5, 5.41) is 0.325. The monoisotopic (exact) mass is 369 g/mol. The van der Waals surface area contributed by atoms with Gasteiger partial charge in [0.25, 0.3) is 0 Å². The van der Waals surface area contributed by atoms with Gasteiger partial charge < -0.3 is 18.6 Å². The Morgan fingerprint density at radius 3 is 2.22 bits per heavy atom. The van der Waals surface area contributed by atoms with Gasteiger partial charge in [-0.25, -0.2) is 9.78 Å². The maximum Gasteiger partial charge on any atom is 0.347 e. The Hall–Kier alpha value is -3.02. The molecule has 142 valence electrons. The van der Waals surface area contributed by atoms with Crippen molar-refractivity contribution in [2.75, 3.05) is 14.2 Å². The van der Waals surface area contributed by atoms with Gasteiger partial charge in [-0.3, -0.25) is 0 Å². The topological polar surface area (TPSA) is 70.8 Å². The molecule has 0 radical (unpaired) electrons. The average molecular weight is 369 g/mol. The lowest BCUT2D eigenvalue weighted by molar-refractivity contribution is 0.253. The van der Waals surface area contributed by atoms with Gasteiger partial charge >= 0.3 is 5.63 Å². The normalized spacial score (nSPS) is 11.4. The first-order chi connectivity index (χ1) is 12.8. The maximum atomic E-state index is 12.3. The van der Waals surface area contributed by atoms with E-state index in [-0.39, 0.29) is 17.9 Å². The van der Waals surface area contributed by atoms with Crippen LogP contribution in [0.5, 0.6) is 17.2 Å². The van der Waals surface area contributed by atoms with E-state index in [1.807, 2.05) is 24.3 Å². The fourth-order valence-corrected chi connectivity index (χ4v) is 2.70. The number of methoxy groups -OCH3 is 2. The summed E-state index contributed by atoms with van der Waals surface area (Å²) in [5.41, 5.74) is 1.25. The van der Waals surface area contributed by atoms with E-state index in [1.54, 1.807) is 12.1 Å². The van der Waals surface area contributed by atoms with Gasteiger partial charge in [0.05, 0.1) is 25.1 Å². The summed E-state index contributed by atoms with van der Waals surface area (Å²) >= 11 is 0. The second-order valence-corrected chi connectivity index (χ2v) is 7.18. The zero-order valence-corrected chi connectivity index (χ0v) is 16.2. The molecular weight excluding hydrogens is 346 g/mol. The fraction of sp³-hybridized carbons (Fsp3) is 0.333. The maximum absolute atomic E-state index is 12.3. The summed E-state index contributed by atoms with van der Waals surface area (Å²) in [6.07, 6.45) is 0. The molecule has 2 aromatic carbocycles. The zero-order valence-electron chi connectivity index (χ0n) is 16.2. The molecule has 0 atom stereocenters. The number of benzene rings is 2. The number of nitrogens with zero attached hydrogens (tertiary/aromatic N) is 1. The Morgan fingerprint density at radius 2 is 1.63 bits per heavy atom. The molecule has 0 aliphatic carbocycles. The number of hydrogen-bond donors (Lipinski definition) is 0. The lowest BCUT2D eigenvalue weighted by Gasteiger charge is -2.19. The van der Waals surface area contributed by atoms with Crippen molar-refractivity contribution in [2.24, 2.45) is 0 Å². The molecule has 6 heteroatoms. The van der Waals surface area contributed by atoms with Crippen molar-refractivity contribution in [1.82, 2.24) is 4.98 Å². The molecule has 0 aliphatic heterocycles. The Bertz CT molecular complexity index is 1000. The van der Waals surface area contributed by atoms with Gasteiger partial charge in [0, 0.05) is 12.1 Å². The van der Waals surface area contributed by atoms with Crippen molar-refractivity contribution in [3.63, 3.8) is 0 Å². The number of hydrogen-bond acceptors (Lipinski definition) is 6. The van der Waals surface area contributed by atoms with Crippen LogP contribution >= 0.6 is 0 Å². The van der Waals surface area contributed by atoms with Crippen molar-refractivity contribution < 1.29 is 18.6 Å². The summed E-state index contributed by atoms with van der Waals surface area (Å²) in [6, 6.07) is 11.0. The molecule has 0 fully saturated rings. The molecule has 27 heavy (non-hydrogen) atoms. The third kappa shape index (κ3) is 4.05. The van der Waals surface area contributed by atoms with Gasteiger partial charge in [-0.1, -0.05) is 32.9 Å². The molecule has 0 bridgehead atoms. The zero-order chi connectivity index (χ0) is 19.6. The fourth-order valence-electron chi connectivity index (χ4n) is 2.70. The molecule has 6 nitrogen and oxygen atoms in total. The van der Waals surface area contributed by atoms with E-state index in [4.69, 9.17) is 18.6 Å². The summed E-state index contributed by atoms with van der Waals surface area (Å²) in [7, 11) is 3.03. The van der Waals surface area contributed by atoms with Crippen molar-refractivity contribution in [3.8, 4) is 17.2 Å². The minimum absolute atomic E-state index is 0.0500. The summed E-state index contributed by atoms with van der Waals surface area (Å²) in [4.78, 5) is 16.6. The molecule has 0 N–H and O–H groups in total. The second kappa shape index (κ2) is 7.31. The molecule has 0 saturated heterocycles. The van der Waals surface area contributed by atoms with Crippen LogP contribution in [0.2, 0.25) is 0 Å². The third-order valence-electron chi connectivity index (χ3n) is 4.26. The van der Waals surface area contributed by atoms with E-state index in [9.17, 15) is 4.79 Å². The highest BCUT2D eigenvalue weighted by Gasteiger charge is 2.14. The van der Waals surface area contributed by atoms with Gasteiger partial charge in [-0.15, -0.1) is 0 Å². The quantitative estimate of drug-likeness (QED) is 0.675. The number of ether oxygens (including phenoxy) is 3. The molecule has 1 aromatic heterocycles. The minimum Gasteiger partial charge on any atom is -0.493 e. The Balaban J connectivity index is 1.84. The lowest BCUT2D eigenvalue weighted by Crippen LogP contribution is -2.11. The number of rotatable bonds is 5. The molecule has 3 aromatic rings. The van der Waals surface area contributed by atoms with Crippen molar-refractivity contribution in [2.45, 2.75) is 32.8 Å². The standard InChI is InChI=1S/C21H23NO5/c1-21(2,3)13-6-8-14(9-7-13)26-12-19-22-16-11-18(25-5)17(24-4)10-15(16)20(23)27-19/h6-11H,12H2,1-5H3. The summed E-state index contributed by atoms with van der Waals surface area (Å²) in [5.74, 6) is 1.81. The Kier molecular flexibility index (Phi) is 5.08. The number of aromatic nitrogens is 1. The molecule has 3 rings (SSSR count). The predicted octanol–water partition coefficient (Wildman–Crippen LogP) is 4.08. The van der Waals surface area contributed by atoms with Crippen LogP contribution in [0, 0.1) is 0 Å². The van der Waals surface area contributed by atoms with Gasteiger partial charge in [0.15, 0.2) is 18.1 Å². The SMILES string of the molecule is COc1cc2nc(COc3ccc(C(C)(C)C)cc3)oc(=O)c2cc1OC. The van der Waals surface area contributed by atoms with E-state index < -0.39 is 5.63 Å². The second-order valence-electron chi connectivity index (χ2n) is 7.18. The highest BCUT2D eigenvalue weighted by atomic mass is 16.5. The number of fused-ring (bicyclic) bond motifs is 1. The minimum atomic E-state index is -0.498. The van der Waals surface area contributed by atoms with Crippen molar-refractivity contribution >= 4 is 10.9 Å². The Labute approximate surface area is 157 Å². The summed E-state index contributed by atoms with van der Waals surface area (Å²) in [6.45, 7) is 6.51. The van der Waals surface area contributed by atoms with Gasteiger partial charge in [0.1, 0.15) is 5.75 Å². The molecule has 0 amide bonds. The van der Waals surface area contributed by atoms with Crippen LogP contribution in [0.25, 0.3) is 10.9 Å². The van der Waals surface area contributed by atoms with E-state index in [0.29, 0.717) is 28.2 Å². The largest absolute Gasteiger partial charge is 0.493 e. The van der Waals surface area contributed by atoms with E-state index >= 15 is 0 Å². The van der Waals surface area contributed by atoms with Crippen LogP contribution in [-0.2, 0) is 12.0 Å².